The number of benzene rings is 1. The van der Waals surface area contributed by atoms with Crippen molar-refractivity contribution in [1.29, 1.82) is 0 Å². The summed E-state index contributed by atoms with van der Waals surface area (Å²) in [4.78, 5) is 26.9. The van der Waals surface area contributed by atoms with E-state index in [1.165, 1.54) is 18.4 Å². The number of nitrogens with one attached hydrogen (secondary N) is 1. The zero-order valence-corrected chi connectivity index (χ0v) is 14.1. The van der Waals surface area contributed by atoms with Crippen molar-refractivity contribution in [3.05, 3.63) is 35.4 Å². The van der Waals surface area contributed by atoms with Gasteiger partial charge in [0.2, 0.25) is 11.8 Å². The van der Waals surface area contributed by atoms with E-state index in [2.05, 4.69) is 11.4 Å². The van der Waals surface area contributed by atoms with E-state index in [1.807, 2.05) is 30.0 Å². The fourth-order valence-corrected chi connectivity index (χ4v) is 4.39. The van der Waals surface area contributed by atoms with Gasteiger partial charge in [-0.3, -0.25) is 9.59 Å². The lowest BCUT2D eigenvalue weighted by atomic mass is 9.76. The van der Waals surface area contributed by atoms with Crippen LogP contribution in [0, 0.1) is 18.3 Å². The van der Waals surface area contributed by atoms with Crippen LogP contribution in [0.3, 0.4) is 0 Å². The molecule has 2 fully saturated rings. The first-order valence-corrected chi connectivity index (χ1v) is 8.59. The Balaban J connectivity index is 1.73. The molecule has 0 aromatic heterocycles. The van der Waals surface area contributed by atoms with Gasteiger partial charge in [-0.2, -0.15) is 0 Å². The Kier molecular flexibility index (Phi) is 4.42. The van der Waals surface area contributed by atoms with Crippen molar-refractivity contribution in [2.24, 2.45) is 11.3 Å². The maximum Gasteiger partial charge on any atom is 0.227 e. The first-order chi connectivity index (χ1) is 11.0. The topological polar surface area (TPSA) is 49.4 Å². The number of rotatable bonds is 3. The third-order valence-corrected chi connectivity index (χ3v) is 5.60. The number of carbonyl (C=O) groups is 2. The van der Waals surface area contributed by atoms with Gasteiger partial charge in [0.05, 0.1) is 12.3 Å². The zero-order valence-electron chi connectivity index (χ0n) is 14.1. The quantitative estimate of drug-likeness (QED) is 0.931. The van der Waals surface area contributed by atoms with Gasteiger partial charge in [-0.05, 0) is 25.3 Å². The summed E-state index contributed by atoms with van der Waals surface area (Å²) in [7, 11) is 1.70. The number of hydrogen-bond donors (Lipinski definition) is 1. The predicted molar refractivity (Wildman–Crippen MR) is 89.9 cm³/mol. The van der Waals surface area contributed by atoms with Crippen LogP contribution >= 0.6 is 0 Å². The fourth-order valence-electron chi connectivity index (χ4n) is 4.39. The van der Waals surface area contributed by atoms with Gasteiger partial charge in [0, 0.05) is 25.6 Å². The number of nitrogens with zero attached hydrogens (tertiary/aromatic N) is 1. The Labute approximate surface area is 138 Å². The van der Waals surface area contributed by atoms with Crippen molar-refractivity contribution in [2.75, 3.05) is 20.1 Å². The lowest BCUT2D eigenvalue weighted by Crippen LogP contribution is -2.38. The first-order valence-electron chi connectivity index (χ1n) is 8.59. The van der Waals surface area contributed by atoms with Crippen LogP contribution in [0.15, 0.2) is 24.3 Å². The molecular weight excluding hydrogens is 288 g/mol. The Morgan fingerprint density at radius 2 is 2.04 bits per heavy atom. The van der Waals surface area contributed by atoms with Crippen molar-refractivity contribution >= 4 is 11.8 Å². The fraction of sp³-hybridized carbons (Fsp3) is 0.579. The summed E-state index contributed by atoms with van der Waals surface area (Å²) in [5.74, 6) is 0.197. The molecule has 1 aliphatic heterocycles. The molecule has 2 aliphatic rings. The second-order valence-electron chi connectivity index (χ2n) is 7.18. The van der Waals surface area contributed by atoms with Crippen LogP contribution in [0.4, 0.5) is 0 Å². The number of amides is 2. The average Bonchev–Trinajstić information content (AvgIpc) is 3.15. The van der Waals surface area contributed by atoms with Crippen LogP contribution in [0.2, 0.25) is 0 Å². The summed E-state index contributed by atoms with van der Waals surface area (Å²) in [6, 6.07) is 8.10. The highest BCUT2D eigenvalue weighted by Crippen LogP contribution is 2.49. The smallest absolute Gasteiger partial charge is 0.227 e. The molecule has 4 nitrogen and oxygen atoms in total. The van der Waals surface area contributed by atoms with Gasteiger partial charge < -0.3 is 10.2 Å². The minimum atomic E-state index is -0.0449. The maximum atomic E-state index is 12.7. The van der Waals surface area contributed by atoms with E-state index in [1.54, 1.807) is 7.05 Å². The van der Waals surface area contributed by atoms with Gasteiger partial charge in [0.15, 0.2) is 0 Å². The molecule has 1 unspecified atom stereocenters. The third-order valence-electron chi connectivity index (χ3n) is 5.60. The molecule has 1 saturated heterocycles. The largest absolute Gasteiger partial charge is 0.359 e. The number of carbonyl (C=O) groups excluding carboxylic acids is 2. The van der Waals surface area contributed by atoms with Gasteiger partial charge >= 0.3 is 0 Å². The predicted octanol–water partition coefficient (Wildman–Crippen LogP) is 2.30. The molecule has 124 valence electrons. The second kappa shape index (κ2) is 6.34. The van der Waals surface area contributed by atoms with Crippen LogP contribution < -0.4 is 5.32 Å². The maximum absolute atomic E-state index is 12.7. The van der Waals surface area contributed by atoms with Crippen LogP contribution in [-0.4, -0.2) is 36.9 Å². The Morgan fingerprint density at radius 3 is 2.70 bits per heavy atom. The van der Waals surface area contributed by atoms with Gasteiger partial charge in [-0.1, -0.05) is 42.7 Å². The molecule has 2 amide bonds. The number of aryl methyl sites for hydroxylation is 1. The molecule has 1 atom stereocenters. The lowest BCUT2D eigenvalue weighted by molar-refractivity contribution is -0.130. The van der Waals surface area contributed by atoms with Gasteiger partial charge in [0.25, 0.3) is 0 Å². The zero-order chi connectivity index (χ0) is 16.4. The highest BCUT2D eigenvalue weighted by atomic mass is 16.2. The molecule has 1 aliphatic carbocycles. The molecule has 23 heavy (non-hydrogen) atoms. The SMILES string of the molecule is CNC(=O)C1CN(C(=O)Cc2cccc(C)c2)CC12CCCC2. The van der Waals surface area contributed by atoms with Crippen LogP contribution in [0.5, 0.6) is 0 Å². The summed E-state index contributed by atoms with van der Waals surface area (Å²) in [5.41, 5.74) is 2.24. The normalized spacial score (nSPS) is 22.5. The highest BCUT2D eigenvalue weighted by Gasteiger charge is 2.51. The van der Waals surface area contributed by atoms with Crippen molar-refractivity contribution < 1.29 is 9.59 Å². The minimum Gasteiger partial charge on any atom is -0.359 e. The molecule has 1 spiro atoms. The summed E-state index contributed by atoms with van der Waals surface area (Å²) in [6.45, 7) is 3.36. The number of hydrogen-bond acceptors (Lipinski definition) is 2. The van der Waals surface area contributed by atoms with E-state index in [-0.39, 0.29) is 23.1 Å². The van der Waals surface area contributed by atoms with E-state index < -0.39 is 0 Å². The van der Waals surface area contributed by atoms with Gasteiger partial charge in [-0.15, -0.1) is 0 Å². The summed E-state index contributed by atoms with van der Waals surface area (Å²) in [6.07, 6.45) is 4.91. The minimum absolute atomic E-state index is 0.0162. The Hall–Kier alpha value is -1.84. The van der Waals surface area contributed by atoms with E-state index in [9.17, 15) is 9.59 Å². The lowest BCUT2D eigenvalue weighted by Gasteiger charge is -2.28. The van der Waals surface area contributed by atoms with E-state index in [0.717, 1.165) is 24.9 Å². The molecule has 0 radical (unpaired) electrons. The standard InChI is InChI=1S/C19H26N2O2/c1-14-6-5-7-15(10-14)11-17(22)21-12-16(18(23)20-2)19(13-21)8-3-4-9-19/h5-7,10,16H,3-4,8-9,11-13H2,1-2H3,(H,20,23). The number of likely N-dealkylation sites (tertiary alicyclic amines) is 1. The molecule has 3 rings (SSSR count). The van der Waals surface area contributed by atoms with Gasteiger partial charge in [0.1, 0.15) is 0 Å². The molecular formula is C19H26N2O2. The van der Waals surface area contributed by atoms with E-state index in [0.29, 0.717) is 13.0 Å². The molecule has 1 N–H and O–H groups in total. The Morgan fingerprint density at radius 1 is 1.30 bits per heavy atom. The van der Waals surface area contributed by atoms with Crippen LogP contribution in [0.1, 0.15) is 36.8 Å². The van der Waals surface area contributed by atoms with Crippen LogP contribution in [0.25, 0.3) is 0 Å². The molecule has 1 heterocycles. The van der Waals surface area contributed by atoms with E-state index in [4.69, 9.17) is 0 Å². The molecule has 1 aromatic carbocycles. The molecule has 0 bridgehead atoms. The van der Waals surface area contributed by atoms with Crippen molar-refractivity contribution in [3.8, 4) is 0 Å². The summed E-state index contributed by atoms with van der Waals surface area (Å²) >= 11 is 0. The molecule has 1 aromatic rings. The van der Waals surface area contributed by atoms with Crippen molar-refractivity contribution in [2.45, 2.75) is 39.0 Å². The Bertz CT molecular complexity index is 605. The molecule has 1 saturated carbocycles. The average molecular weight is 314 g/mol. The summed E-state index contributed by atoms with van der Waals surface area (Å²) in [5, 5.41) is 2.80. The van der Waals surface area contributed by atoms with Crippen LogP contribution in [-0.2, 0) is 16.0 Å². The monoisotopic (exact) mass is 314 g/mol. The van der Waals surface area contributed by atoms with Gasteiger partial charge in [-0.25, -0.2) is 0 Å². The van der Waals surface area contributed by atoms with E-state index >= 15 is 0 Å². The van der Waals surface area contributed by atoms with Crippen molar-refractivity contribution in [3.63, 3.8) is 0 Å². The second-order valence-corrected chi connectivity index (χ2v) is 7.18. The third kappa shape index (κ3) is 3.12. The summed E-state index contributed by atoms with van der Waals surface area (Å²) < 4.78 is 0. The highest BCUT2D eigenvalue weighted by molar-refractivity contribution is 5.84. The first kappa shape index (κ1) is 16.0. The molecule has 4 heteroatoms. The van der Waals surface area contributed by atoms with Crippen molar-refractivity contribution in [1.82, 2.24) is 10.2 Å².